The Kier molecular flexibility index (Phi) is 2.88. The van der Waals surface area contributed by atoms with E-state index in [9.17, 15) is 0 Å². The van der Waals surface area contributed by atoms with Crippen LogP contribution < -0.4 is 10.1 Å². The smallest absolute Gasteiger partial charge is 0.142 e. The van der Waals surface area contributed by atoms with E-state index in [4.69, 9.17) is 4.74 Å². The first-order chi connectivity index (χ1) is 6.11. The Labute approximate surface area is 79.1 Å². The fraction of sp³-hybridized carbons (Fsp3) is 0.500. The van der Waals surface area contributed by atoms with Crippen LogP contribution in [0.2, 0.25) is 0 Å². The highest BCUT2D eigenvalue weighted by molar-refractivity contribution is 5.31. The molecule has 1 N–H and O–H groups in total. The summed E-state index contributed by atoms with van der Waals surface area (Å²) in [4.78, 5) is 4.30. The fourth-order valence-electron chi connectivity index (χ4n) is 1.14. The van der Waals surface area contributed by atoms with E-state index >= 15 is 0 Å². The molecule has 0 bridgehead atoms. The van der Waals surface area contributed by atoms with Crippen molar-refractivity contribution < 1.29 is 4.74 Å². The van der Waals surface area contributed by atoms with E-state index in [1.54, 1.807) is 13.3 Å². The summed E-state index contributed by atoms with van der Waals surface area (Å²) < 4.78 is 5.23. The van der Waals surface area contributed by atoms with E-state index in [1.807, 2.05) is 19.2 Å². The summed E-state index contributed by atoms with van der Waals surface area (Å²) in [6.45, 7) is 4.13. The molecule has 0 unspecified atom stereocenters. The molecule has 0 aliphatic carbocycles. The van der Waals surface area contributed by atoms with Crippen LogP contribution in [-0.4, -0.2) is 19.1 Å². The number of hydrogen-bond acceptors (Lipinski definition) is 3. The molecule has 0 amide bonds. The van der Waals surface area contributed by atoms with Crippen LogP contribution in [0.5, 0.6) is 5.75 Å². The van der Waals surface area contributed by atoms with Crippen molar-refractivity contribution in [2.24, 2.45) is 0 Å². The van der Waals surface area contributed by atoms with Crippen molar-refractivity contribution in [3.63, 3.8) is 0 Å². The SMILES string of the molecule is CNC(C)(C)c1ncccc1OC. The van der Waals surface area contributed by atoms with E-state index in [-0.39, 0.29) is 5.54 Å². The Morgan fingerprint density at radius 1 is 1.46 bits per heavy atom. The molecule has 0 saturated carbocycles. The quantitative estimate of drug-likeness (QED) is 0.766. The average molecular weight is 180 g/mol. The predicted octanol–water partition coefficient (Wildman–Crippen LogP) is 1.54. The van der Waals surface area contributed by atoms with Crippen LogP contribution in [0.15, 0.2) is 18.3 Å². The lowest BCUT2D eigenvalue weighted by Gasteiger charge is -2.24. The van der Waals surface area contributed by atoms with Crippen molar-refractivity contribution >= 4 is 0 Å². The summed E-state index contributed by atoms with van der Waals surface area (Å²) >= 11 is 0. The molecular formula is C10H16N2O. The molecule has 0 radical (unpaired) electrons. The Morgan fingerprint density at radius 2 is 2.15 bits per heavy atom. The summed E-state index contributed by atoms with van der Waals surface area (Å²) in [6, 6.07) is 3.79. The van der Waals surface area contributed by atoms with Crippen LogP contribution in [0.1, 0.15) is 19.5 Å². The summed E-state index contributed by atoms with van der Waals surface area (Å²) in [5.41, 5.74) is 0.770. The molecule has 0 spiro atoms. The number of nitrogens with one attached hydrogen (secondary N) is 1. The van der Waals surface area contributed by atoms with Gasteiger partial charge in [0.15, 0.2) is 0 Å². The highest BCUT2D eigenvalue weighted by Crippen LogP contribution is 2.26. The van der Waals surface area contributed by atoms with E-state index in [2.05, 4.69) is 24.1 Å². The van der Waals surface area contributed by atoms with Gasteiger partial charge in [-0.1, -0.05) is 0 Å². The second kappa shape index (κ2) is 3.75. The topological polar surface area (TPSA) is 34.2 Å². The van der Waals surface area contributed by atoms with Gasteiger partial charge in [0.2, 0.25) is 0 Å². The minimum absolute atomic E-state index is 0.160. The standard InChI is InChI=1S/C10H16N2O/c1-10(2,11-3)9-8(13-4)6-5-7-12-9/h5-7,11H,1-4H3. The highest BCUT2D eigenvalue weighted by atomic mass is 16.5. The molecule has 1 aromatic rings. The van der Waals surface area contributed by atoms with Crippen LogP contribution in [0.4, 0.5) is 0 Å². The Hall–Kier alpha value is -1.09. The van der Waals surface area contributed by atoms with Crippen molar-refractivity contribution in [3.8, 4) is 5.75 Å². The number of ether oxygens (including phenoxy) is 1. The van der Waals surface area contributed by atoms with Gasteiger partial charge in [-0.05, 0) is 33.0 Å². The molecular weight excluding hydrogens is 164 g/mol. The van der Waals surface area contributed by atoms with Crippen molar-refractivity contribution in [1.29, 1.82) is 0 Å². The molecule has 1 aromatic heterocycles. The molecule has 0 aliphatic rings. The predicted molar refractivity (Wildman–Crippen MR) is 52.9 cm³/mol. The third-order valence-electron chi connectivity index (χ3n) is 2.21. The van der Waals surface area contributed by atoms with Gasteiger partial charge in [0.1, 0.15) is 11.4 Å². The average Bonchev–Trinajstić information content (AvgIpc) is 2.18. The largest absolute Gasteiger partial charge is 0.495 e. The number of pyridine rings is 1. The van der Waals surface area contributed by atoms with E-state index in [0.717, 1.165) is 11.4 Å². The monoisotopic (exact) mass is 180 g/mol. The number of methoxy groups -OCH3 is 1. The first-order valence-electron chi connectivity index (χ1n) is 4.30. The number of rotatable bonds is 3. The van der Waals surface area contributed by atoms with Crippen LogP contribution in [0, 0.1) is 0 Å². The fourth-order valence-corrected chi connectivity index (χ4v) is 1.14. The summed E-state index contributed by atoms with van der Waals surface area (Å²) in [5, 5.41) is 3.19. The molecule has 0 aliphatic heterocycles. The lowest BCUT2D eigenvalue weighted by Crippen LogP contribution is -2.34. The Bertz CT molecular complexity index is 284. The molecule has 0 fully saturated rings. The van der Waals surface area contributed by atoms with Gasteiger partial charge in [-0.25, -0.2) is 0 Å². The van der Waals surface area contributed by atoms with Gasteiger partial charge in [0.25, 0.3) is 0 Å². The molecule has 72 valence electrons. The van der Waals surface area contributed by atoms with E-state index < -0.39 is 0 Å². The lowest BCUT2D eigenvalue weighted by atomic mass is 9.99. The molecule has 3 nitrogen and oxygen atoms in total. The first-order valence-corrected chi connectivity index (χ1v) is 4.30. The van der Waals surface area contributed by atoms with Gasteiger partial charge in [-0.15, -0.1) is 0 Å². The molecule has 0 atom stereocenters. The van der Waals surface area contributed by atoms with Crippen LogP contribution in [-0.2, 0) is 5.54 Å². The molecule has 1 heterocycles. The molecule has 13 heavy (non-hydrogen) atoms. The van der Waals surface area contributed by atoms with Gasteiger partial charge < -0.3 is 10.1 Å². The number of aromatic nitrogens is 1. The van der Waals surface area contributed by atoms with Gasteiger partial charge in [0, 0.05) is 6.20 Å². The van der Waals surface area contributed by atoms with E-state index in [1.165, 1.54) is 0 Å². The first kappa shape index (κ1) is 9.99. The lowest BCUT2D eigenvalue weighted by molar-refractivity contribution is 0.366. The van der Waals surface area contributed by atoms with Crippen molar-refractivity contribution in [2.75, 3.05) is 14.2 Å². The molecule has 0 aromatic carbocycles. The Balaban J connectivity index is 3.12. The number of hydrogen-bond donors (Lipinski definition) is 1. The van der Waals surface area contributed by atoms with Gasteiger partial charge in [-0.2, -0.15) is 0 Å². The Morgan fingerprint density at radius 3 is 2.69 bits per heavy atom. The third-order valence-corrected chi connectivity index (χ3v) is 2.21. The highest BCUT2D eigenvalue weighted by Gasteiger charge is 2.23. The zero-order valence-electron chi connectivity index (χ0n) is 8.59. The normalized spacial score (nSPS) is 11.4. The molecule has 3 heteroatoms. The third kappa shape index (κ3) is 1.98. The second-order valence-electron chi connectivity index (χ2n) is 3.43. The summed E-state index contributed by atoms with van der Waals surface area (Å²) in [6.07, 6.45) is 1.77. The zero-order chi connectivity index (χ0) is 9.90. The van der Waals surface area contributed by atoms with Crippen molar-refractivity contribution in [2.45, 2.75) is 19.4 Å². The maximum atomic E-state index is 5.23. The van der Waals surface area contributed by atoms with Gasteiger partial charge >= 0.3 is 0 Å². The maximum Gasteiger partial charge on any atom is 0.142 e. The minimum Gasteiger partial charge on any atom is -0.495 e. The zero-order valence-corrected chi connectivity index (χ0v) is 8.59. The van der Waals surface area contributed by atoms with Crippen LogP contribution in [0.3, 0.4) is 0 Å². The summed E-state index contributed by atoms with van der Waals surface area (Å²) in [7, 11) is 3.57. The van der Waals surface area contributed by atoms with Gasteiger partial charge in [-0.3, -0.25) is 4.98 Å². The summed E-state index contributed by atoms with van der Waals surface area (Å²) in [5.74, 6) is 0.821. The molecule has 0 saturated heterocycles. The number of nitrogens with zero attached hydrogens (tertiary/aromatic N) is 1. The van der Waals surface area contributed by atoms with Crippen LogP contribution in [0.25, 0.3) is 0 Å². The van der Waals surface area contributed by atoms with E-state index in [0.29, 0.717) is 0 Å². The van der Waals surface area contributed by atoms with Gasteiger partial charge in [0.05, 0.1) is 12.6 Å². The van der Waals surface area contributed by atoms with Crippen LogP contribution >= 0.6 is 0 Å². The van der Waals surface area contributed by atoms with Crippen molar-refractivity contribution in [1.82, 2.24) is 10.3 Å². The second-order valence-corrected chi connectivity index (χ2v) is 3.43. The molecule has 1 rings (SSSR count). The maximum absolute atomic E-state index is 5.23. The van der Waals surface area contributed by atoms with Crippen molar-refractivity contribution in [3.05, 3.63) is 24.0 Å². The minimum atomic E-state index is -0.160.